The highest BCUT2D eigenvalue weighted by molar-refractivity contribution is 6.17. The van der Waals surface area contributed by atoms with Crippen molar-refractivity contribution in [3.8, 4) is 11.8 Å². The van der Waals surface area contributed by atoms with Gasteiger partial charge in [0.25, 0.3) is 0 Å². The van der Waals surface area contributed by atoms with Gasteiger partial charge in [-0.2, -0.15) is 0 Å². The van der Waals surface area contributed by atoms with Gasteiger partial charge in [0.15, 0.2) is 0 Å². The molecule has 0 heterocycles. The number of Topliss-reactive ketones (excluding diaryl/α,β-unsaturated/α-hetero) is 1. The van der Waals surface area contributed by atoms with Gasteiger partial charge in [-0.25, -0.2) is 0 Å². The van der Waals surface area contributed by atoms with Crippen molar-refractivity contribution in [3.05, 3.63) is 0 Å². The first kappa shape index (κ1) is 14.0. The van der Waals surface area contributed by atoms with Gasteiger partial charge in [0, 0.05) is 25.1 Å². The van der Waals surface area contributed by atoms with E-state index in [4.69, 9.17) is 11.6 Å². The van der Waals surface area contributed by atoms with Crippen molar-refractivity contribution < 1.29 is 14.3 Å². The molecule has 4 heteroatoms. The summed E-state index contributed by atoms with van der Waals surface area (Å²) in [7, 11) is 1.33. The number of hydrogen-bond donors (Lipinski definition) is 0. The molecule has 0 spiro atoms. The Bertz CT molecular complexity index is 263. The van der Waals surface area contributed by atoms with E-state index in [-0.39, 0.29) is 18.2 Å². The van der Waals surface area contributed by atoms with Crippen molar-refractivity contribution in [1.82, 2.24) is 0 Å². The molecular weight excluding hydrogens is 216 g/mol. The van der Waals surface area contributed by atoms with E-state index >= 15 is 0 Å². The van der Waals surface area contributed by atoms with Gasteiger partial charge >= 0.3 is 5.97 Å². The Morgan fingerprint density at radius 2 is 2.00 bits per heavy atom. The van der Waals surface area contributed by atoms with Gasteiger partial charge in [0.1, 0.15) is 0 Å². The predicted octanol–water partition coefficient (Wildman–Crippen LogP) is 1.92. The van der Waals surface area contributed by atoms with Crippen molar-refractivity contribution in [2.75, 3.05) is 13.0 Å². The van der Waals surface area contributed by atoms with Crippen molar-refractivity contribution in [1.29, 1.82) is 0 Å². The summed E-state index contributed by atoms with van der Waals surface area (Å²) in [6, 6.07) is 0. The fourth-order valence-corrected chi connectivity index (χ4v) is 1.01. The first-order chi connectivity index (χ1) is 7.20. The van der Waals surface area contributed by atoms with Crippen LogP contribution in [0.25, 0.3) is 0 Å². The Morgan fingerprint density at radius 3 is 2.60 bits per heavy atom. The normalized spacial score (nSPS) is 8.93. The number of ketones is 1. The zero-order valence-corrected chi connectivity index (χ0v) is 9.60. The van der Waals surface area contributed by atoms with Crippen LogP contribution in [0.5, 0.6) is 0 Å². The maximum atomic E-state index is 11.1. The van der Waals surface area contributed by atoms with Gasteiger partial charge in [-0.1, -0.05) is 5.92 Å². The molecule has 0 rings (SSSR count). The maximum absolute atomic E-state index is 11.1. The summed E-state index contributed by atoms with van der Waals surface area (Å²) in [5, 5.41) is 0. The van der Waals surface area contributed by atoms with E-state index in [1.54, 1.807) is 0 Å². The molecule has 15 heavy (non-hydrogen) atoms. The highest BCUT2D eigenvalue weighted by Crippen LogP contribution is 1.98. The molecule has 0 N–H and O–H groups in total. The first-order valence-electron chi connectivity index (χ1n) is 4.85. The Labute approximate surface area is 95.1 Å². The number of alkyl halides is 1. The lowest BCUT2D eigenvalue weighted by atomic mass is 10.2. The summed E-state index contributed by atoms with van der Waals surface area (Å²) in [5.41, 5.74) is 0. The summed E-state index contributed by atoms with van der Waals surface area (Å²) < 4.78 is 4.44. The maximum Gasteiger partial charge on any atom is 0.305 e. The topological polar surface area (TPSA) is 43.4 Å². The number of halogens is 1. The third-order valence-corrected chi connectivity index (χ3v) is 1.94. The molecule has 0 saturated carbocycles. The van der Waals surface area contributed by atoms with E-state index in [1.807, 2.05) is 0 Å². The van der Waals surface area contributed by atoms with Crippen molar-refractivity contribution in [2.45, 2.75) is 32.1 Å². The van der Waals surface area contributed by atoms with Crippen LogP contribution in [0.15, 0.2) is 0 Å². The SMILES string of the molecule is COC(=O)CCCC(=O)C#CCCCCl. The Hall–Kier alpha value is -1.01. The van der Waals surface area contributed by atoms with Crippen molar-refractivity contribution >= 4 is 23.4 Å². The van der Waals surface area contributed by atoms with Crippen LogP contribution in [0.4, 0.5) is 0 Å². The molecule has 0 bridgehead atoms. The Morgan fingerprint density at radius 1 is 1.27 bits per heavy atom. The molecule has 0 aliphatic rings. The molecule has 0 saturated heterocycles. The minimum absolute atomic E-state index is 0.131. The average Bonchev–Trinajstić information content (AvgIpc) is 2.24. The number of unbranched alkanes of at least 4 members (excludes halogenated alkanes) is 1. The quantitative estimate of drug-likeness (QED) is 0.230. The van der Waals surface area contributed by atoms with Gasteiger partial charge in [-0.05, 0) is 18.8 Å². The number of hydrogen-bond acceptors (Lipinski definition) is 3. The summed E-state index contributed by atoms with van der Waals surface area (Å²) in [6.45, 7) is 0. The molecule has 0 aromatic carbocycles. The highest BCUT2D eigenvalue weighted by atomic mass is 35.5. The van der Waals surface area contributed by atoms with E-state index in [1.165, 1.54) is 7.11 Å². The zero-order valence-electron chi connectivity index (χ0n) is 8.85. The predicted molar refractivity (Wildman–Crippen MR) is 58.6 cm³/mol. The molecule has 0 unspecified atom stereocenters. The molecule has 0 aliphatic carbocycles. The largest absolute Gasteiger partial charge is 0.469 e. The zero-order chi connectivity index (χ0) is 11.5. The van der Waals surface area contributed by atoms with Crippen LogP contribution in [0.2, 0.25) is 0 Å². The number of methoxy groups -OCH3 is 1. The lowest BCUT2D eigenvalue weighted by Crippen LogP contribution is -2.01. The molecule has 0 amide bonds. The van der Waals surface area contributed by atoms with E-state index in [2.05, 4.69) is 16.6 Å². The van der Waals surface area contributed by atoms with Crippen LogP contribution in [-0.2, 0) is 14.3 Å². The highest BCUT2D eigenvalue weighted by Gasteiger charge is 2.02. The van der Waals surface area contributed by atoms with Crippen LogP contribution >= 0.6 is 11.6 Å². The third-order valence-electron chi connectivity index (χ3n) is 1.68. The number of carbonyl (C=O) groups excluding carboxylic acids is 2. The second-order valence-electron chi connectivity index (χ2n) is 2.95. The smallest absolute Gasteiger partial charge is 0.305 e. The summed E-state index contributed by atoms with van der Waals surface area (Å²) >= 11 is 5.45. The van der Waals surface area contributed by atoms with Gasteiger partial charge in [0.2, 0.25) is 5.78 Å². The Kier molecular flexibility index (Phi) is 8.90. The minimum Gasteiger partial charge on any atom is -0.469 e. The molecule has 0 atom stereocenters. The fourth-order valence-electron chi connectivity index (χ4n) is 0.874. The molecule has 0 aromatic heterocycles. The second-order valence-corrected chi connectivity index (χ2v) is 3.33. The average molecular weight is 231 g/mol. The fraction of sp³-hybridized carbons (Fsp3) is 0.636. The van der Waals surface area contributed by atoms with Crippen molar-refractivity contribution in [3.63, 3.8) is 0 Å². The second kappa shape index (κ2) is 9.54. The summed E-state index contributed by atoms with van der Waals surface area (Å²) in [6.07, 6.45) is 2.51. The number of carbonyl (C=O) groups is 2. The molecule has 0 fully saturated rings. The molecule has 3 nitrogen and oxygen atoms in total. The van der Waals surface area contributed by atoms with E-state index < -0.39 is 0 Å². The van der Waals surface area contributed by atoms with Crippen LogP contribution in [0.1, 0.15) is 32.1 Å². The van der Waals surface area contributed by atoms with Gasteiger partial charge in [-0.15, -0.1) is 11.6 Å². The number of ether oxygens (including phenoxy) is 1. The van der Waals surface area contributed by atoms with Gasteiger partial charge in [0.05, 0.1) is 7.11 Å². The first-order valence-corrected chi connectivity index (χ1v) is 5.38. The van der Waals surface area contributed by atoms with E-state index in [9.17, 15) is 9.59 Å². The summed E-state index contributed by atoms with van der Waals surface area (Å²) in [5.74, 6) is 5.38. The standard InChI is InChI=1S/C11H15ClO3/c1-15-11(14)8-5-7-10(13)6-3-2-4-9-12/h2,4-5,7-9H2,1H3. The minimum atomic E-state index is -0.294. The number of rotatable bonds is 6. The lowest BCUT2D eigenvalue weighted by molar-refractivity contribution is -0.140. The van der Waals surface area contributed by atoms with Crippen molar-refractivity contribution in [2.24, 2.45) is 0 Å². The molecule has 0 aliphatic heterocycles. The van der Waals surface area contributed by atoms with Crippen LogP contribution in [0.3, 0.4) is 0 Å². The van der Waals surface area contributed by atoms with E-state index in [0.717, 1.165) is 6.42 Å². The molecule has 0 radical (unpaired) electrons. The van der Waals surface area contributed by atoms with Gasteiger partial charge in [-0.3, -0.25) is 9.59 Å². The summed E-state index contributed by atoms with van der Waals surface area (Å²) in [4.78, 5) is 21.8. The Balaban J connectivity index is 3.55. The van der Waals surface area contributed by atoms with Crippen LogP contribution in [0, 0.1) is 11.8 Å². The monoisotopic (exact) mass is 230 g/mol. The van der Waals surface area contributed by atoms with E-state index in [0.29, 0.717) is 25.1 Å². The van der Waals surface area contributed by atoms with Crippen LogP contribution < -0.4 is 0 Å². The van der Waals surface area contributed by atoms with Gasteiger partial charge < -0.3 is 4.74 Å². The lowest BCUT2D eigenvalue weighted by Gasteiger charge is -1.95. The molecule has 84 valence electrons. The van der Waals surface area contributed by atoms with Crippen LogP contribution in [-0.4, -0.2) is 24.7 Å². The third kappa shape index (κ3) is 9.30. The molecular formula is C11H15ClO3. The number of esters is 1. The molecule has 0 aromatic rings.